The predicted molar refractivity (Wildman–Crippen MR) is 97.7 cm³/mol. The van der Waals surface area contributed by atoms with Crippen molar-refractivity contribution in [2.45, 2.75) is 19.4 Å². The summed E-state index contributed by atoms with van der Waals surface area (Å²) in [5.74, 6) is 1.76. The fourth-order valence-electron chi connectivity index (χ4n) is 2.63. The van der Waals surface area contributed by atoms with Crippen molar-refractivity contribution in [1.82, 2.24) is 10.2 Å². The van der Waals surface area contributed by atoms with Gasteiger partial charge >= 0.3 is 0 Å². The number of hydrogen-bond acceptors (Lipinski definition) is 6. The molecule has 3 aromatic rings. The van der Waals surface area contributed by atoms with Gasteiger partial charge in [-0.05, 0) is 58.7 Å². The molecule has 0 saturated carbocycles. The molecule has 0 radical (unpaired) electrons. The van der Waals surface area contributed by atoms with Crippen LogP contribution in [0.4, 0.5) is 5.69 Å². The van der Waals surface area contributed by atoms with Crippen molar-refractivity contribution in [3.8, 4) is 16.5 Å². The molecule has 1 aromatic carbocycles. The molecule has 128 valence electrons. The molecule has 1 aliphatic rings. The van der Waals surface area contributed by atoms with E-state index in [-0.39, 0.29) is 12.5 Å². The summed E-state index contributed by atoms with van der Waals surface area (Å²) in [4.78, 5) is 14.5. The Kier molecular flexibility index (Phi) is 4.54. The van der Waals surface area contributed by atoms with Crippen LogP contribution in [0, 0.1) is 0 Å². The molecule has 0 bridgehead atoms. The third kappa shape index (κ3) is 3.59. The van der Waals surface area contributed by atoms with E-state index in [9.17, 15) is 4.79 Å². The quantitative estimate of drug-likeness (QED) is 0.617. The zero-order chi connectivity index (χ0) is 17.2. The Hall–Kier alpha value is -2.19. The first-order valence-corrected chi connectivity index (χ1v) is 9.41. The molecular formula is C17H14BrN3O3S. The molecule has 0 N–H and O–H groups in total. The lowest BCUT2D eigenvalue weighted by molar-refractivity contribution is -0.117. The molecule has 8 heteroatoms. The highest BCUT2D eigenvalue weighted by atomic mass is 79.9. The van der Waals surface area contributed by atoms with Crippen LogP contribution >= 0.6 is 27.3 Å². The van der Waals surface area contributed by atoms with Crippen LogP contribution in [0.5, 0.6) is 5.75 Å². The van der Waals surface area contributed by atoms with Crippen LogP contribution in [0.2, 0.25) is 0 Å². The van der Waals surface area contributed by atoms with E-state index in [0.717, 1.165) is 27.3 Å². The summed E-state index contributed by atoms with van der Waals surface area (Å²) in [6.45, 7) is 0.976. The first-order valence-electron chi connectivity index (χ1n) is 7.80. The lowest BCUT2D eigenvalue weighted by Crippen LogP contribution is -2.23. The lowest BCUT2D eigenvalue weighted by Gasteiger charge is -2.15. The van der Waals surface area contributed by atoms with E-state index in [1.165, 1.54) is 11.3 Å². The number of ether oxygens (including phenoxy) is 1. The van der Waals surface area contributed by atoms with Crippen molar-refractivity contribution in [2.24, 2.45) is 0 Å². The van der Waals surface area contributed by atoms with Crippen molar-refractivity contribution in [2.75, 3.05) is 11.4 Å². The van der Waals surface area contributed by atoms with Gasteiger partial charge in [0.15, 0.2) is 6.61 Å². The SMILES string of the molecule is O=C1CCCN1c1ccc(OCc2nnc(-c3ccc(Br)s3)o2)cc1. The second-order valence-electron chi connectivity index (χ2n) is 5.54. The third-order valence-electron chi connectivity index (χ3n) is 3.83. The number of benzene rings is 1. The highest BCUT2D eigenvalue weighted by Gasteiger charge is 2.21. The van der Waals surface area contributed by atoms with Gasteiger partial charge in [0.1, 0.15) is 5.75 Å². The van der Waals surface area contributed by atoms with Gasteiger partial charge in [0.25, 0.3) is 11.8 Å². The van der Waals surface area contributed by atoms with E-state index in [4.69, 9.17) is 9.15 Å². The Bertz CT molecular complexity index is 891. The number of nitrogens with zero attached hydrogens (tertiary/aromatic N) is 3. The van der Waals surface area contributed by atoms with Gasteiger partial charge in [0.2, 0.25) is 5.91 Å². The predicted octanol–water partition coefficient (Wildman–Crippen LogP) is 4.27. The summed E-state index contributed by atoms with van der Waals surface area (Å²) in [6.07, 6.45) is 1.54. The number of anilines is 1. The zero-order valence-corrected chi connectivity index (χ0v) is 15.5. The van der Waals surface area contributed by atoms with E-state index in [1.54, 1.807) is 4.90 Å². The molecule has 1 amide bonds. The minimum Gasteiger partial charge on any atom is -0.484 e. The van der Waals surface area contributed by atoms with Gasteiger partial charge in [-0.1, -0.05) is 0 Å². The fraction of sp³-hybridized carbons (Fsp3) is 0.235. The molecule has 25 heavy (non-hydrogen) atoms. The monoisotopic (exact) mass is 419 g/mol. The van der Waals surface area contributed by atoms with Gasteiger partial charge < -0.3 is 14.1 Å². The minimum atomic E-state index is 0.173. The smallest absolute Gasteiger partial charge is 0.257 e. The van der Waals surface area contributed by atoms with Crippen molar-refractivity contribution in [1.29, 1.82) is 0 Å². The number of halogens is 1. The van der Waals surface area contributed by atoms with E-state index in [1.807, 2.05) is 36.4 Å². The lowest BCUT2D eigenvalue weighted by atomic mass is 10.3. The Morgan fingerprint density at radius 1 is 1.20 bits per heavy atom. The first kappa shape index (κ1) is 16.3. The van der Waals surface area contributed by atoms with Crippen molar-refractivity contribution in [3.63, 3.8) is 0 Å². The molecule has 1 fully saturated rings. The van der Waals surface area contributed by atoms with E-state index >= 15 is 0 Å². The minimum absolute atomic E-state index is 0.173. The first-order chi connectivity index (χ1) is 12.2. The largest absolute Gasteiger partial charge is 0.484 e. The molecule has 6 nitrogen and oxygen atoms in total. The second-order valence-corrected chi connectivity index (χ2v) is 8.00. The Morgan fingerprint density at radius 2 is 2.04 bits per heavy atom. The zero-order valence-electron chi connectivity index (χ0n) is 13.1. The Labute approximate surface area is 156 Å². The van der Waals surface area contributed by atoms with E-state index in [2.05, 4.69) is 26.1 Å². The number of rotatable bonds is 5. The van der Waals surface area contributed by atoms with Crippen LogP contribution < -0.4 is 9.64 Å². The van der Waals surface area contributed by atoms with E-state index < -0.39 is 0 Å². The molecule has 1 aliphatic heterocycles. The molecule has 1 saturated heterocycles. The van der Waals surface area contributed by atoms with Gasteiger partial charge in [-0.15, -0.1) is 21.5 Å². The van der Waals surface area contributed by atoms with Gasteiger partial charge in [-0.25, -0.2) is 0 Å². The number of carbonyl (C=O) groups is 1. The number of hydrogen-bond donors (Lipinski definition) is 0. The topological polar surface area (TPSA) is 68.5 Å². The van der Waals surface area contributed by atoms with Crippen molar-refractivity contribution < 1.29 is 13.9 Å². The van der Waals surface area contributed by atoms with Crippen LogP contribution in [-0.4, -0.2) is 22.6 Å². The summed E-state index contributed by atoms with van der Waals surface area (Å²) < 4.78 is 12.3. The summed E-state index contributed by atoms with van der Waals surface area (Å²) in [5, 5.41) is 8.04. The maximum atomic E-state index is 11.8. The fourth-order valence-corrected chi connectivity index (χ4v) is 3.94. The van der Waals surface area contributed by atoms with Gasteiger partial charge in [-0.3, -0.25) is 4.79 Å². The number of thiophene rings is 1. The Morgan fingerprint density at radius 3 is 2.72 bits per heavy atom. The molecular weight excluding hydrogens is 406 g/mol. The van der Waals surface area contributed by atoms with Crippen molar-refractivity contribution in [3.05, 3.63) is 46.1 Å². The summed E-state index contributed by atoms with van der Waals surface area (Å²) in [6, 6.07) is 11.3. The third-order valence-corrected chi connectivity index (χ3v) is 5.45. The van der Waals surface area contributed by atoms with Gasteiger partial charge in [0.05, 0.1) is 8.66 Å². The van der Waals surface area contributed by atoms with E-state index in [0.29, 0.717) is 24.0 Å². The van der Waals surface area contributed by atoms with Crippen LogP contribution in [0.15, 0.2) is 44.6 Å². The second kappa shape index (κ2) is 6.97. The van der Waals surface area contributed by atoms with Crippen LogP contribution in [0.3, 0.4) is 0 Å². The molecule has 0 unspecified atom stereocenters. The number of amides is 1. The van der Waals surface area contributed by atoms with Gasteiger partial charge in [-0.2, -0.15) is 0 Å². The molecule has 3 heterocycles. The maximum absolute atomic E-state index is 11.8. The average molecular weight is 420 g/mol. The van der Waals surface area contributed by atoms with Gasteiger partial charge in [0, 0.05) is 18.7 Å². The van der Waals surface area contributed by atoms with Crippen LogP contribution in [0.25, 0.3) is 10.8 Å². The highest BCUT2D eigenvalue weighted by Crippen LogP contribution is 2.30. The summed E-state index contributed by atoms with van der Waals surface area (Å²) >= 11 is 4.94. The van der Waals surface area contributed by atoms with Crippen LogP contribution in [0.1, 0.15) is 18.7 Å². The highest BCUT2D eigenvalue weighted by molar-refractivity contribution is 9.11. The molecule has 4 rings (SSSR count). The summed E-state index contributed by atoms with van der Waals surface area (Å²) in [7, 11) is 0. The molecule has 0 aliphatic carbocycles. The molecule has 2 aromatic heterocycles. The molecule has 0 atom stereocenters. The summed E-state index contributed by atoms with van der Waals surface area (Å²) in [5.41, 5.74) is 0.901. The maximum Gasteiger partial charge on any atom is 0.257 e. The Balaban J connectivity index is 1.38. The normalized spacial score (nSPS) is 14.3. The average Bonchev–Trinajstić information content (AvgIpc) is 3.34. The standard InChI is InChI=1S/C17H14BrN3O3S/c18-14-8-7-13(25-14)17-20-19-15(24-17)10-23-12-5-3-11(4-6-12)21-9-1-2-16(21)22/h3-8H,1-2,9-10H2. The number of carbonyl (C=O) groups excluding carboxylic acids is 1. The molecule has 0 spiro atoms. The van der Waals surface area contributed by atoms with Crippen molar-refractivity contribution >= 4 is 38.9 Å². The number of aromatic nitrogens is 2. The van der Waals surface area contributed by atoms with Crippen LogP contribution in [-0.2, 0) is 11.4 Å².